The second-order valence-electron chi connectivity index (χ2n) is 15.6. The summed E-state index contributed by atoms with van der Waals surface area (Å²) in [7, 11) is 0. The number of carboxylic acid groups (broad SMARTS) is 1. The number of halogens is 2. The molecule has 3 amide bonds. The van der Waals surface area contributed by atoms with Gasteiger partial charge in [-0.1, -0.05) is 6.42 Å². The van der Waals surface area contributed by atoms with Crippen LogP contribution in [-0.2, 0) is 9.59 Å². The highest BCUT2D eigenvalue weighted by Crippen LogP contribution is 2.33. The first-order chi connectivity index (χ1) is 29.9. The molecule has 8 rings (SSSR count). The summed E-state index contributed by atoms with van der Waals surface area (Å²) >= 11 is 0. The Morgan fingerprint density at radius 3 is 1.73 bits per heavy atom. The molecule has 0 spiro atoms. The minimum atomic E-state index is -1.28. The third-order valence-electron chi connectivity index (χ3n) is 11.1. The number of nitrogens with zero attached hydrogens (tertiary/aromatic N) is 5. The average molecular weight is 869 g/mol. The van der Waals surface area contributed by atoms with Gasteiger partial charge in [-0.05, 0) is 103 Å². The van der Waals surface area contributed by atoms with Gasteiger partial charge in [-0.2, -0.15) is 0 Å². The highest BCUT2D eigenvalue weighted by atomic mass is 19.1. The van der Waals surface area contributed by atoms with E-state index in [1.807, 2.05) is 19.9 Å². The van der Waals surface area contributed by atoms with Gasteiger partial charge in [0.2, 0.25) is 11.8 Å². The van der Waals surface area contributed by atoms with E-state index in [-0.39, 0.29) is 51.5 Å². The molecule has 2 saturated heterocycles. The van der Waals surface area contributed by atoms with Gasteiger partial charge in [-0.3, -0.25) is 34.2 Å². The minimum absolute atomic E-state index is 0.000408. The molecule has 2 fully saturated rings. The summed E-state index contributed by atoms with van der Waals surface area (Å²) in [6, 6.07) is 10.6. The number of anilines is 2. The lowest BCUT2D eigenvalue weighted by atomic mass is 9.97. The van der Waals surface area contributed by atoms with E-state index in [1.165, 1.54) is 49.4 Å². The highest BCUT2D eigenvalue weighted by molar-refractivity contribution is 6.03. The summed E-state index contributed by atoms with van der Waals surface area (Å²) in [5, 5.41) is 23.3. The van der Waals surface area contributed by atoms with Crippen LogP contribution >= 0.6 is 0 Å². The molecule has 6 heterocycles. The van der Waals surface area contributed by atoms with E-state index in [1.54, 1.807) is 29.3 Å². The van der Waals surface area contributed by atoms with Gasteiger partial charge in [0.25, 0.3) is 17.0 Å². The Bertz CT molecular complexity index is 2840. The number of nitrogens with one attached hydrogen (secondary N) is 5. The number of rotatable bonds is 6. The SMILES string of the molecule is CC(=O)Nc1ccc(F)cc1C(=O)N1CCCC[C@H]1c1cc2nc(C)c(C)c(=O)n2[nH]1.CC(=O)Nc1ccc(F)cc1C(=O)O.Cc1nc2cc([C@@H]3CCCCN3)[nH]n2c(=O)c1C. The van der Waals surface area contributed by atoms with Crippen molar-refractivity contribution in [2.24, 2.45) is 0 Å². The maximum Gasteiger partial charge on any atom is 0.337 e. The zero-order chi connectivity index (χ0) is 45.7. The number of carboxylic acids is 1. The van der Waals surface area contributed by atoms with Crippen LogP contribution in [0.4, 0.5) is 20.2 Å². The maximum absolute atomic E-state index is 14.0. The van der Waals surface area contributed by atoms with Gasteiger partial charge in [0.05, 0.1) is 39.9 Å². The van der Waals surface area contributed by atoms with Crippen LogP contribution in [0.25, 0.3) is 11.3 Å². The molecule has 6 aromatic rings. The Labute approximate surface area is 359 Å². The van der Waals surface area contributed by atoms with Crippen molar-refractivity contribution >= 4 is 46.4 Å². The molecule has 17 nitrogen and oxygen atoms in total. The zero-order valence-corrected chi connectivity index (χ0v) is 35.8. The molecule has 0 saturated carbocycles. The number of H-pyrrole nitrogens is 2. The number of hydrogen-bond acceptors (Lipinski definition) is 9. The fraction of sp³-hybridized carbons (Fsp3) is 0.364. The highest BCUT2D eigenvalue weighted by Gasteiger charge is 2.32. The van der Waals surface area contributed by atoms with E-state index in [9.17, 15) is 37.5 Å². The molecule has 0 unspecified atom stereocenters. The number of aromatic nitrogens is 6. The van der Waals surface area contributed by atoms with Gasteiger partial charge in [-0.15, -0.1) is 0 Å². The van der Waals surface area contributed by atoms with Crippen LogP contribution in [-0.4, -0.2) is 76.0 Å². The molecule has 19 heteroatoms. The molecule has 332 valence electrons. The Morgan fingerprint density at radius 1 is 0.698 bits per heavy atom. The van der Waals surface area contributed by atoms with Crippen molar-refractivity contribution in [2.75, 3.05) is 23.7 Å². The van der Waals surface area contributed by atoms with Gasteiger partial charge >= 0.3 is 5.97 Å². The first kappa shape index (κ1) is 45.5. The van der Waals surface area contributed by atoms with Crippen LogP contribution in [0.5, 0.6) is 0 Å². The third-order valence-corrected chi connectivity index (χ3v) is 11.1. The monoisotopic (exact) mass is 868 g/mol. The van der Waals surface area contributed by atoms with E-state index in [2.05, 4.69) is 36.1 Å². The minimum Gasteiger partial charge on any atom is -0.478 e. The van der Waals surface area contributed by atoms with Gasteiger partial charge in [0, 0.05) is 61.1 Å². The molecule has 6 N–H and O–H groups in total. The van der Waals surface area contributed by atoms with Gasteiger partial charge in [0.15, 0.2) is 11.3 Å². The number of aromatic carboxylic acids is 1. The van der Waals surface area contributed by atoms with E-state index < -0.39 is 23.5 Å². The van der Waals surface area contributed by atoms with E-state index in [4.69, 9.17) is 5.11 Å². The van der Waals surface area contributed by atoms with Crippen molar-refractivity contribution in [1.29, 1.82) is 0 Å². The standard InChI is InChI=1S/C22H24FN5O3.C13H18N4O.C9H8FNO3/c1-12-13(2)24-20-11-18(26-28(20)21(12)30)19-6-4-5-9-27(19)22(31)16-10-15(23)7-8-17(16)25-14(3)29;1-8-9(2)15-12-7-11(16-17(12)13(8)18)10-5-3-4-6-14-10;1-5(12)11-8-3-2-6(10)4-7(8)9(13)14/h7-8,10-11,19,26H,4-6,9H2,1-3H3,(H,25,29);7,10,14,16H,3-6H2,1-2H3;2-4H,1H3,(H,11,12)(H,13,14)/t19-;10-;/m00./s1. The number of amides is 3. The van der Waals surface area contributed by atoms with Crippen LogP contribution in [0.3, 0.4) is 0 Å². The van der Waals surface area contributed by atoms with E-state index >= 15 is 0 Å². The molecule has 63 heavy (non-hydrogen) atoms. The molecule has 0 radical (unpaired) electrons. The second kappa shape index (κ2) is 19.4. The number of carbonyl (C=O) groups is 4. The second-order valence-corrected chi connectivity index (χ2v) is 15.6. The molecule has 0 aliphatic carbocycles. The first-order valence-corrected chi connectivity index (χ1v) is 20.5. The van der Waals surface area contributed by atoms with Crippen molar-refractivity contribution in [3.05, 3.63) is 126 Å². The Balaban J connectivity index is 0.000000174. The summed E-state index contributed by atoms with van der Waals surface area (Å²) in [4.78, 5) is 81.6. The van der Waals surface area contributed by atoms with Crippen LogP contribution in [0.2, 0.25) is 0 Å². The number of likely N-dealkylation sites (tertiary alicyclic amines) is 1. The lowest BCUT2D eigenvalue weighted by Crippen LogP contribution is -2.39. The Hall–Kier alpha value is -7.02. The lowest BCUT2D eigenvalue weighted by molar-refractivity contribution is -0.115. The number of carbonyl (C=O) groups excluding carboxylic acids is 3. The van der Waals surface area contributed by atoms with Crippen molar-refractivity contribution in [1.82, 2.24) is 39.4 Å². The molecule has 2 aliphatic rings. The van der Waals surface area contributed by atoms with E-state index in [0.29, 0.717) is 52.8 Å². The predicted octanol–water partition coefficient (Wildman–Crippen LogP) is 6.04. The predicted molar refractivity (Wildman–Crippen MR) is 231 cm³/mol. The largest absolute Gasteiger partial charge is 0.478 e. The number of aromatic amines is 2. The molecule has 2 aromatic carbocycles. The Morgan fingerprint density at radius 2 is 1.21 bits per heavy atom. The van der Waals surface area contributed by atoms with Crippen molar-refractivity contribution in [2.45, 2.75) is 92.2 Å². The molecular formula is C44H50F2N10O7. The first-order valence-electron chi connectivity index (χ1n) is 20.5. The van der Waals surface area contributed by atoms with Gasteiger partial charge in [0.1, 0.15) is 11.6 Å². The third kappa shape index (κ3) is 10.4. The summed E-state index contributed by atoms with van der Waals surface area (Å²) in [5.41, 5.74) is 5.70. The molecule has 0 bridgehead atoms. The number of hydrogen-bond donors (Lipinski definition) is 6. The normalized spacial score (nSPS) is 16.1. The molecule has 4 aromatic heterocycles. The van der Waals surface area contributed by atoms with Gasteiger partial charge < -0.3 is 26.0 Å². The van der Waals surface area contributed by atoms with Crippen LogP contribution in [0.15, 0.2) is 58.1 Å². The fourth-order valence-corrected chi connectivity index (χ4v) is 7.58. The summed E-state index contributed by atoms with van der Waals surface area (Å²) < 4.78 is 29.6. The van der Waals surface area contributed by atoms with Crippen LogP contribution in [0.1, 0.15) is 119 Å². The zero-order valence-electron chi connectivity index (χ0n) is 35.8. The topological polar surface area (TPSA) is 228 Å². The number of piperidine rings is 2. The van der Waals surface area contributed by atoms with E-state index in [0.717, 1.165) is 55.4 Å². The van der Waals surface area contributed by atoms with Crippen LogP contribution in [0, 0.1) is 39.3 Å². The summed E-state index contributed by atoms with van der Waals surface area (Å²) in [6.07, 6.45) is 5.98. The summed E-state index contributed by atoms with van der Waals surface area (Å²) in [6.45, 7) is 11.3. The number of aryl methyl sites for hydroxylation is 2. The summed E-state index contributed by atoms with van der Waals surface area (Å²) in [5.74, 6) is -3.62. The average Bonchev–Trinajstić information content (AvgIpc) is 3.88. The maximum atomic E-state index is 14.0. The quantitative estimate of drug-likeness (QED) is 0.114. The fourth-order valence-electron chi connectivity index (χ4n) is 7.58. The number of fused-ring (bicyclic) bond motifs is 2. The van der Waals surface area contributed by atoms with Gasteiger partial charge in [-0.25, -0.2) is 32.6 Å². The van der Waals surface area contributed by atoms with Crippen molar-refractivity contribution < 1.29 is 33.1 Å². The van der Waals surface area contributed by atoms with Crippen molar-refractivity contribution in [3.63, 3.8) is 0 Å². The molecule has 2 atom stereocenters. The Kier molecular flexibility index (Phi) is 14.0. The molecule has 2 aliphatic heterocycles. The van der Waals surface area contributed by atoms with Crippen molar-refractivity contribution in [3.8, 4) is 0 Å². The smallest absolute Gasteiger partial charge is 0.337 e. The number of benzene rings is 2. The lowest BCUT2D eigenvalue weighted by Gasteiger charge is -2.35. The molecular weight excluding hydrogens is 819 g/mol. The van der Waals surface area contributed by atoms with Crippen LogP contribution < -0.4 is 27.1 Å².